The highest BCUT2D eigenvalue weighted by molar-refractivity contribution is 6.16. The molecule has 0 aliphatic heterocycles. The van der Waals surface area contributed by atoms with Gasteiger partial charge in [0.2, 0.25) is 0 Å². The lowest BCUT2D eigenvalue weighted by molar-refractivity contribution is -0.111. The fourth-order valence-electron chi connectivity index (χ4n) is 1.86. The summed E-state index contributed by atoms with van der Waals surface area (Å²) < 4.78 is 0. The smallest absolute Gasteiger partial charge is 0.192 e. The Morgan fingerprint density at radius 2 is 1.06 bits per heavy atom. The molecule has 0 saturated carbocycles. The zero-order valence-electron chi connectivity index (χ0n) is 13.1. The lowest BCUT2D eigenvalue weighted by Crippen LogP contribution is -2.15. The van der Waals surface area contributed by atoms with Crippen LogP contribution in [0.15, 0.2) is 34.4 Å². The maximum Gasteiger partial charge on any atom is 0.192 e. The normalized spacial score (nSPS) is 22.6. The van der Waals surface area contributed by atoms with Crippen molar-refractivity contribution in [1.29, 1.82) is 0 Å². The molecule has 0 aromatic heterocycles. The van der Waals surface area contributed by atoms with E-state index in [1.807, 2.05) is 12.2 Å². The summed E-state index contributed by atoms with van der Waals surface area (Å²) in [4.78, 5) is 12.5. The molecule has 1 nitrogen and oxygen atoms in total. The molecule has 0 spiro atoms. The number of rotatable bonds is 0. The summed E-state index contributed by atoms with van der Waals surface area (Å²) >= 11 is 0. The predicted octanol–water partition coefficient (Wildman–Crippen LogP) is 4.85. The number of hydrogen-bond acceptors (Lipinski definition) is 1. The number of Topliss-reactive ketones (excluding diaryl/α,β-unsaturated/α-hetero) is 1. The van der Waals surface area contributed by atoms with Crippen molar-refractivity contribution in [2.75, 3.05) is 0 Å². The van der Waals surface area contributed by atoms with Crippen LogP contribution in [0.1, 0.15) is 55.4 Å². The van der Waals surface area contributed by atoms with Gasteiger partial charge in [-0.1, -0.05) is 64.8 Å². The molecule has 1 aliphatic carbocycles. The van der Waals surface area contributed by atoms with Crippen LogP contribution in [0.5, 0.6) is 0 Å². The van der Waals surface area contributed by atoms with Crippen molar-refractivity contribution in [2.24, 2.45) is 10.8 Å². The summed E-state index contributed by atoms with van der Waals surface area (Å²) in [5.41, 5.74) is 4.17. The van der Waals surface area contributed by atoms with Crippen molar-refractivity contribution in [3.63, 3.8) is 0 Å². The van der Waals surface area contributed by atoms with Gasteiger partial charge in [0.25, 0.3) is 0 Å². The molecule has 0 unspecified atom stereocenters. The van der Waals surface area contributed by atoms with Gasteiger partial charge in [0.15, 0.2) is 5.78 Å². The minimum Gasteiger partial charge on any atom is -0.289 e. The lowest BCUT2D eigenvalue weighted by Gasteiger charge is -2.23. The largest absolute Gasteiger partial charge is 0.289 e. The SMILES string of the molecule is C/C(=C1C=C/C(=C(/C)C(C)(C)C)C/1=O)C(C)(C)C. The second kappa shape index (κ2) is 4.53. The Kier molecular flexibility index (Phi) is 3.76. The predicted molar refractivity (Wildman–Crippen MR) is 78.5 cm³/mol. The first-order chi connectivity index (χ1) is 7.96. The zero-order chi connectivity index (χ0) is 14.3. The molecule has 1 rings (SSSR count). The Labute approximate surface area is 112 Å². The van der Waals surface area contributed by atoms with E-state index in [2.05, 4.69) is 55.4 Å². The van der Waals surface area contributed by atoms with Crippen molar-refractivity contribution in [2.45, 2.75) is 55.4 Å². The second-order valence-electron chi connectivity index (χ2n) is 7.24. The van der Waals surface area contributed by atoms with Crippen LogP contribution >= 0.6 is 0 Å². The Bertz CT molecular complexity index is 415. The zero-order valence-corrected chi connectivity index (χ0v) is 13.1. The van der Waals surface area contributed by atoms with Gasteiger partial charge in [-0.15, -0.1) is 0 Å². The molecule has 0 aromatic rings. The molecule has 1 aliphatic rings. The molecule has 1 heteroatoms. The lowest BCUT2D eigenvalue weighted by atomic mass is 9.81. The molecule has 0 radical (unpaired) electrons. The molecule has 0 amide bonds. The summed E-state index contributed by atoms with van der Waals surface area (Å²) in [7, 11) is 0. The first-order valence-corrected chi connectivity index (χ1v) is 6.61. The molecule has 0 heterocycles. The van der Waals surface area contributed by atoms with E-state index in [9.17, 15) is 4.79 Å². The van der Waals surface area contributed by atoms with Crippen LogP contribution in [-0.2, 0) is 4.79 Å². The van der Waals surface area contributed by atoms with Crippen LogP contribution in [0, 0.1) is 10.8 Å². The van der Waals surface area contributed by atoms with Crippen LogP contribution in [-0.4, -0.2) is 5.78 Å². The Hall–Kier alpha value is -1.11. The topological polar surface area (TPSA) is 17.1 Å². The van der Waals surface area contributed by atoms with Crippen LogP contribution in [0.3, 0.4) is 0 Å². The van der Waals surface area contributed by atoms with Crippen molar-refractivity contribution in [3.05, 3.63) is 34.4 Å². The van der Waals surface area contributed by atoms with Gasteiger partial charge in [0.1, 0.15) is 0 Å². The molecule has 0 aromatic carbocycles. The van der Waals surface area contributed by atoms with Gasteiger partial charge in [-0.05, 0) is 24.7 Å². The third kappa shape index (κ3) is 2.82. The first-order valence-electron chi connectivity index (χ1n) is 6.61. The van der Waals surface area contributed by atoms with Gasteiger partial charge in [0.05, 0.1) is 0 Å². The number of ketones is 1. The van der Waals surface area contributed by atoms with Crippen molar-refractivity contribution in [3.8, 4) is 0 Å². The molecular formula is C17H26O. The third-order valence-electron chi connectivity index (χ3n) is 3.96. The maximum absolute atomic E-state index is 12.5. The first kappa shape index (κ1) is 14.9. The van der Waals surface area contributed by atoms with Gasteiger partial charge < -0.3 is 0 Å². The summed E-state index contributed by atoms with van der Waals surface area (Å²) in [5, 5.41) is 0. The highest BCUT2D eigenvalue weighted by Crippen LogP contribution is 2.36. The number of hydrogen-bond donors (Lipinski definition) is 0. The number of carbonyl (C=O) groups is 1. The van der Waals surface area contributed by atoms with E-state index < -0.39 is 0 Å². The third-order valence-corrected chi connectivity index (χ3v) is 3.96. The molecule has 18 heavy (non-hydrogen) atoms. The fraction of sp³-hybridized carbons (Fsp3) is 0.588. The van der Waals surface area contributed by atoms with Gasteiger partial charge >= 0.3 is 0 Å². The van der Waals surface area contributed by atoms with Gasteiger partial charge in [-0.3, -0.25) is 4.79 Å². The Balaban J connectivity index is 3.29. The molecule has 0 N–H and O–H groups in total. The molecular weight excluding hydrogens is 220 g/mol. The van der Waals surface area contributed by atoms with Gasteiger partial charge in [-0.25, -0.2) is 0 Å². The van der Waals surface area contributed by atoms with E-state index in [0.717, 1.165) is 11.1 Å². The second-order valence-corrected chi connectivity index (χ2v) is 7.24. The standard InChI is InChI=1S/C17H26O/c1-11(16(3,4)5)13-9-10-14(15(13)18)12(2)17(6,7)8/h9-10H,1-8H3/b13-11+,14-12+. The van der Waals surface area contributed by atoms with E-state index in [1.165, 1.54) is 11.1 Å². The highest BCUT2D eigenvalue weighted by atomic mass is 16.1. The Morgan fingerprint density at radius 3 is 1.28 bits per heavy atom. The average Bonchev–Trinajstić information content (AvgIpc) is 2.55. The number of carbonyl (C=O) groups excluding carboxylic acids is 1. The van der Waals surface area contributed by atoms with Crippen LogP contribution in [0.25, 0.3) is 0 Å². The molecule has 0 fully saturated rings. The Morgan fingerprint density at radius 1 is 0.778 bits per heavy atom. The van der Waals surface area contributed by atoms with Crippen molar-refractivity contribution < 1.29 is 4.79 Å². The van der Waals surface area contributed by atoms with Crippen molar-refractivity contribution >= 4 is 5.78 Å². The summed E-state index contributed by atoms with van der Waals surface area (Å²) in [6.45, 7) is 17.0. The molecule has 0 saturated heterocycles. The maximum atomic E-state index is 12.5. The average molecular weight is 246 g/mol. The van der Waals surface area contributed by atoms with E-state index >= 15 is 0 Å². The molecule has 0 bridgehead atoms. The molecule has 0 atom stereocenters. The highest BCUT2D eigenvalue weighted by Gasteiger charge is 2.28. The van der Waals surface area contributed by atoms with Crippen LogP contribution < -0.4 is 0 Å². The molecule has 100 valence electrons. The van der Waals surface area contributed by atoms with Crippen molar-refractivity contribution in [1.82, 2.24) is 0 Å². The van der Waals surface area contributed by atoms with Crippen LogP contribution in [0.4, 0.5) is 0 Å². The van der Waals surface area contributed by atoms with Crippen LogP contribution in [0.2, 0.25) is 0 Å². The minimum absolute atomic E-state index is 0.0421. The quantitative estimate of drug-likeness (QED) is 0.558. The summed E-state index contributed by atoms with van der Waals surface area (Å²) in [6, 6.07) is 0. The monoisotopic (exact) mass is 246 g/mol. The number of allylic oxidation sites excluding steroid dienone is 6. The van der Waals surface area contributed by atoms with E-state index in [0.29, 0.717) is 0 Å². The van der Waals surface area contributed by atoms with Gasteiger partial charge in [-0.2, -0.15) is 0 Å². The fourth-order valence-corrected chi connectivity index (χ4v) is 1.86. The van der Waals surface area contributed by atoms with E-state index in [1.54, 1.807) is 0 Å². The van der Waals surface area contributed by atoms with Gasteiger partial charge in [0, 0.05) is 11.1 Å². The van der Waals surface area contributed by atoms with E-state index in [4.69, 9.17) is 0 Å². The minimum atomic E-state index is 0.0421. The summed E-state index contributed by atoms with van der Waals surface area (Å²) in [5.74, 6) is 0.190. The summed E-state index contributed by atoms with van der Waals surface area (Å²) in [6.07, 6.45) is 3.96. The van der Waals surface area contributed by atoms with E-state index in [-0.39, 0.29) is 16.6 Å².